The lowest BCUT2D eigenvalue weighted by atomic mass is 10.2. The fourth-order valence-corrected chi connectivity index (χ4v) is 3.20. The number of nitrogens with zero attached hydrogens (tertiary/aromatic N) is 4. The summed E-state index contributed by atoms with van der Waals surface area (Å²) in [5, 5.41) is 18.9. The molecule has 2 heterocycles. The van der Waals surface area contributed by atoms with E-state index in [2.05, 4.69) is 25.9 Å². The Kier molecular flexibility index (Phi) is 6.12. The van der Waals surface area contributed by atoms with E-state index < -0.39 is 0 Å². The molecule has 2 N–H and O–H groups in total. The van der Waals surface area contributed by atoms with Gasteiger partial charge in [-0.15, -0.1) is 10.2 Å². The highest BCUT2D eigenvalue weighted by atomic mass is 16.5. The summed E-state index contributed by atoms with van der Waals surface area (Å²) in [7, 11) is 0. The van der Waals surface area contributed by atoms with E-state index in [-0.39, 0.29) is 12.5 Å². The van der Waals surface area contributed by atoms with Gasteiger partial charge in [-0.05, 0) is 80.9 Å². The summed E-state index contributed by atoms with van der Waals surface area (Å²) in [6.07, 6.45) is 0. The van der Waals surface area contributed by atoms with Gasteiger partial charge in [0.25, 0.3) is 5.91 Å². The minimum Gasteiger partial charge on any atom is -0.484 e. The Bertz CT molecular complexity index is 1220. The highest BCUT2D eigenvalue weighted by Crippen LogP contribution is 2.18. The SMILES string of the molecule is Cc1cccc(OCC(=O)Nc2ccc(Nc3ccc(-n4nc(C)cc4C)nn3)cc2)c1. The highest BCUT2D eigenvalue weighted by molar-refractivity contribution is 5.92. The number of aromatic nitrogens is 4. The van der Waals surface area contributed by atoms with Crippen molar-refractivity contribution in [2.45, 2.75) is 20.8 Å². The van der Waals surface area contributed by atoms with Crippen molar-refractivity contribution in [3.8, 4) is 11.6 Å². The third-order valence-corrected chi connectivity index (χ3v) is 4.68. The number of hydrogen-bond donors (Lipinski definition) is 2. The number of rotatable bonds is 7. The van der Waals surface area contributed by atoms with E-state index in [0.29, 0.717) is 23.1 Å². The average molecular weight is 428 g/mol. The molecule has 0 fully saturated rings. The van der Waals surface area contributed by atoms with Gasteiger partial charge in [-0.3, -0.25) is 4.79 Å². The van der Waals surface area contributed by atoms with Crippen molar-refractivity contribution in [2.75, 3.05) is 17.2 Å². The van der Waals surface area contributed by atoms with Crippen LogP contribution in [0.25, 0.3) is 5.82 Å². The minimum absolute atomic E-state index is 0.0549. The Morgan fingerprint density at radius 2 is 1.72 bits per heavy atom. The summed E-state index contributed by atoms with van der Waals surface area (Å²) >= 11 is 0. The second-order valence-corrected chi connectivity index (χ2v) is 7.47. The first kappa shape index (κ1) is 21.0. The molecular formula is C24H24N6O2. The maximum absolute atomic E-state index is 12.1. The minimum atomic E-state index is -0.224. The largest absolute Gasteiger partial charge is 0.484 e. The average Bonchev–Trinajstić information content (AvgIpc) is 3.12. The fraction of sp³-hybridized carbons (Fsp3) is 0.167. The lowest BCUT2D eigenvalue weighted by molar-refractivity contribution is -0.118. The van der Waals surface area contributed by atoms with Gasteiger partial charge in [0.05, 0.1) is 5.69 Å². The van der Waals surface area contributed by atoms with Crippen LogP contribution in [0.3, 0.4) is 0 Å². The van der Waals surface area contributed by atoms with Crippen LogP contribution in [0.1, 0.15) is 17.0 Å². The first-order valence-corrected chi connectivity index (χ1v) is 10.2. The molecule has 0 aliphatic rings. The number of nitrogens with one attached hydrogen (secondary N) is 2. The van der Waals surface area contributed by atoms with Crippen molar-refractivity contribution in [2.24, 2.45) is 0 Å². The normalized spacial score (nSPS) is 10.6. The summed E-state index contributed by atoms with van der Waals surface area (Å²) in [4.78, 5) is 12.1. The van der Waals surface area contributed by atoms with E-state index in [1.807, 2.05) is 87.5 Å². The smallest absolute Gasteiger partial charge is 0.262 e. The van der Waals surface area contributed by atoms with Crippen molar-refractivity contribution in [3.05, 3.63) is 83.7 Å². The number of anilines is 3. The second kappa shape index (κ2) is 9.30. The highest BCUT2D eigenvalue weighted by Gasteiger charge is 2.07. The summed E-state index contributed by atoms with van der Waals surface area (Å²) in [6, 6.07) is 20.6. The van der Waals surface area contributed by atoms with Gasteiger partial charge in [0, 0.05) is 17.1 Å². The summed E-state index contributed by atoms with van der Waals surface area (Å²) in [6.45, 7) is 5.84. The van der Waals surface area contributed by atoms with E-state index in [1.54, 1.807) is 4.68 Å². The molecule has 32 heavy (non-hydrogen) atoms. The van der Waals surface area contributed by atoms with Crippen molar-refractivity contribution in [3.63, 3.8) is 0 Å². The van der Waals surface area contributed by atoms with Crippen molar-refractivity contribution < 1.29 is 9.53 Å². The molecule has 0 saturated carbocycles. The van der Waals surface area contributed by atoms with Crippen LogP contribution in [0.15, 0.2) is 66.7 Å². The number of ether oxygens (including phenoxy) is 1. The van der Waals surface area contributed by atoms with Gasteiger partial charge < -0.3 is 15.4 Å². The van der Waals surface area contributed by atoms with Gasteiger partial charge in [0.1, 0.15) is 5.75 Å². The molecule has 0 radical (unpaired) electrons. The molecule has 1 amide bonds. The van der Waals surface area contributed by atoms with Crippen LogP contribution in [0.2, 0.25) is 0 Å². The van der Waals surface area contributed by atoms with Gasteiger partial charge in [-0.1, -0.05) is 12.1 Å². The van der Waals surface area contributed by atoms with Gasteiger partial charge >= 0.3 is 0 Å². The van der Waals surface area contributed by atoms with Gasteiger partial charge in [-0.25, -0.2) is 4.68 Å². The number of aryl methyl sites for hydroxylation is 3. The molecule has 0 aliphatic carbocycles. The zero-order valence-corrected chi connectivity index (χ0v) is 18.2. The number of benzene rings is 2. The predicted octanol–water partition coefficient (Wildman–Crippen LogP) is 4.35. The third kappa shape index (κ3) is 5.28. The van der Waals surface area contributed by atoms with Gasteiger partial charge in [-0.2, -0.15) is 5.10 Å². The number of carbonyl (C=O) groups is 1. The molecule has 0 bridgehead atoms. The Hall–Kier alpha value is -4.20. The van der Waals surface area contributed by atoms with E-state index in [4.69, 9.17) is 4.74 Å². The van der Waals surface area contributed by atoms with Crippen LogP contribution in [0.4, 0.5) is 17.2 Å². The van der Waals surface area contributed by atoms with Crippen LogP contribution in [0, 0.1) is 20.8 Å². The molecule has 2 aromatic heterocycles. The first-order chi connectivity index (χ1) is 15.5. The van der Waals surface area contributed by atoms with Crippen LogP contribution in [0.5, 0.6) is 5.75 Å². The van der Waals surface area contributed by atoms with Crippen LogP contribution in [-0.4, -0.2) is 32.5 Å². The molecule has 0 spiro atoms. The molecule has 0 unspecified atom stereocenters. The Labute approximate surface area is 186 Å². The monoisotopic (exact) mass is 428 g/mol. The van der Waals surface area contributed by atoms with Crippen molar-refractivity contribution >= 4 is 23.1 Å². The van der Waals surface area contributed by atoms with Crippen LogP contribution < -0.4 is 15.4 Å². The first-order valence-electron chi connectivity index (χ1n) is 10.2. The number of carbonyl (C=O) groups excluding carboxylic acids is 1. The van der Waals surface area contributed by atoms with Gasteiger partial charge in [0.2, 0.25) is 0 Å². The fourth-order valence-electron chi connectivity index (χ4n) is 3.20. The molecule has 162 valence electrons. The maximum Gasteiger partial charge on any atom is 0.262 e. The Morgan fingerprint density at radius 3 is 2.38 bits per heavy atom. The summed E-state index contributed by atoms with van der Waals surface area (Å²) in [5.74, 6) is 1.72. The molecular weight excluding hydrogens is 404 g/mol. The van der Waals surface area contributed by atoms with Crippen LogP contribution >= 0.6 is 0 Å². The zero-order valence-electron chi connectivity index (χ0n) is 18.2. The van der Waals surface area contributed by atoms with E-state index in [0.717, 1.165) is 22.6 Å². The standard InChI is InChI=1S/C24H24N6O2/c1-16-5-4-6-21(13-16)32-15-24(31)26-20-9-7-19(8-10-20)25-22-11-12-23(28-27-22)30-18(3)14-17(2)29-30/h4-14H,15H2,1-3H3,(H,25,27)(H,26,31). The van der Waals surface area contributed by atoms with Crippen molar-refractivity contribution in [1.82, 2.24) is 20.0 Å². The molecule has 0 aliphatic heterocycles. The molecule has 8 heteroatoms. The van der Waals surface area contributed by atoms with Gasteiger partial charge in [0.15, 0.2) is 18.2 Å². The molecule has 4 rings (SSSR count). The lowest BCUT2D eigenvalue weighted by Crippen LogP contribution is -2.20. The number of amides is 1. The molecule has 0 atom stereocenters. The van der Waals surface area contributed by atoms with Crippen LogP contribution in [-0.2, 0) is 4.79 Å². The molecule has 4 aromatic rings. The summed E-state index contributed by atoms with van der Waals surface area (Å²) in [5.41, 5.74) is 4.52. The van der Waals surface area contributed by atoms with E-state index in [1.165, 1.54) is 0 Å². The number of hydrogen-bond acceptors (Lipinski definition) is 6. The maximum atomic E-state index is 12.1. The molecule has 2 aromatic carbocycles. The molecule has 0 saturated heterocycles. The lowest BCUT2D eigenvalue weighted by Gasteiger charge is -2.10. The Balaban J connectivity index is 1.31. The molecule has 8 nitrogen and oxygen atoms in total. The van der Waals surface area contributed by atoms with E-state index >= 15 is 0 Å². The topological polar surface area (TPSA) is 94.0 Å². The second-order valence-electron chi connectivity index (χ2n) is 7.47. The van der Waals surface area contributed by atoms with Crippen molar-refractivity contribution in [1.29, 1.82) is 0 Å². The zero-order chi connectivity index (χ0) is 22.5. The predicted molar refractivity (Wildman–Crippen MR) is 124 cm³/mol. The Morgan fingerprint density at radius 1 is 0.938 bits per heavy atom. The quantitative estimate of drug-likeness (QED) is 0.455. The van der Waals surface area contributed by atoms with E-state index in [9.17, 15) is 4.79 Å². The summed E-state index contributed by atoms with van der Waals surface area (Å²) < 4.78 is 7.28. The third-order valence-electron chi connectivity index (χ3n) is 4.68.